The number of carbonyl (C=O) groups is 2. The fourth-order valence-corrected chi connectivity index (χ4v) is 2.02. The monoisotopic (exact) mass is 300 g/mol. The zero-order chi connectivity index (χ0) is 15.9. The first-order chi connectivity index (χ1) is 10.5. The molecule has 116 valence electrons. The van der Waals surface area contributed by atoms with Gasteiger partial charge in [-0.2, -0.15) is 0 Å². The van der Waals surface area contributed by atoms with Gasteiger partial charge < -0.3 is 14.6 Å². The summed E-state index contributed by atoms with van der Waals surface area (Å²) in [7, 11) is 0. The van der Waals surface area contributed by atoms with E-state index in [2.05, 4.69) is 5.32 Å². The maximum atomic E-state index is 12.0. The zero-order valence-electron chi connectivity index (χ0n) is 12.8. The highest BCUT2D eigenvalue weighted by Gasteiger charge is 2.14. The molecule has 0 aliphatic rings. The van der Waals surface area contributed by atoms with E-state index in [0.29, 0.717) is 18.8 Å². The van der Waals surface area contributed by atoms with Crippen LogP contribution in [0.15, 0.2) is 47.1 Å². The fourth-order valence-electron chi connectivity index (χ4n) is 2.02. The number of aryl methyl sites for hydroxylation is 1. The number of nitrogens with zero attached hydrogens (tertiary/aromatic N) is 1. The molecule has 5 heteroatoms. The van der Waals surface area contributed by atoms with Gasteiger partial charge >= 0.3 is 0 Å². The molecule has 0 fully saturated rings. The average molecular weight is 300 g/mol. The largest absolute Gasteiger partial charge is 0.467 e. The lowest BCUT2D eigenvalue weighted by Gasteiger charge is -2.20. The Bertz CT molecular complexity index is 618. The van der Waals surface area contributed by atoms with E-state index in [0.717, 1.165) is 11.1 Å². The fraction of sp³-hybridized carbons (Fsp3) is 0.294. The summed E-state index contributed by atoms with van der Waals surface area (Å²) >= 11 is 0. The molecule has 5 nitrogen and oxygen atoms in total. The van der Waals surface area contributed by atoms with Crippen molar-refractivity contribution in [2.75, 3.05) is 6.54 Å². The minimum absolute atomic E-state index is 0.0317. The summed E-state index contributed by atoms with van der Waals surface area (Å²) < 4.78 is 5.15. The van der Waals surface area contributed by atoms with E-state index in [1.807, 2.05) is 31.2 Å². The van der Waals surface area contributed by atoms with Crippen LogP contribution in [-0.4, -0.2) is 23.3 Å². The Kier molecular flexibility index (Phi) is 5.36. The van der Waals surface area contributed by atoms with Gasteiger partial charge in [0.15, 0.2) is 0 Å². The summed E-state index contributed by atoms with van der Waals surface area (Å²) in [6, 6.07) is 11.5. The first-order valence-electron chi connectivity index (χ1n) is 7.15. The maximum absolute atomic E-state index is 12.0. The molecule has 0 aliphatic heterocycles. The molecule has 2 amide bonds. The highest BCUT2D eigenvalue weighted by molar-refractivity contribution is 5.83. The van der Waals surface area contributed by atoms with Crippen molar-refractivity contribution in [3.8, 4) is 0 Å². The Balaban J connectivity index is 1.89. The van der Waals surface area contributed by atoms with Crippen molar-refractivity contribution in [3.05, 3.63) is 59.5 Å². The molecule has 0 aliphatic carbocycles. The Morgan fingerprint density at radius 1 is 1.18 bits per heavy atom. The summed E-state index contributed by atoms with van der Waals surface area (Å²) in [5.74, 6) is 0.341. The molecule has 0 saturated carbocycles. The predicted molar refractivity (Wildman–Crippen MR) is 82.8 cm³/mol. The van der Waals surface area contributed by atoms with Crippen molar-refractivity contribution >= 4 is 11.8 Å². The normalized spacial score (nSPS) is 10.3. The quantitative estimate of drug-likeness (QED) is 0.890. The SMILES string of the molecule is CC(=O)N(CC(=O)NCc1ccco1)Cc1ccc(C)cc1. The third-order valence-electron chi connectivity index (χ3n) is 3.31. The van der Waals surface area contributed by atoms with E-state index in [4.69, 9.17) is 4.42 Å². The van der Waals surface area contributed by atoms with Crippen LogP contribution in [0.2, 0.25) is 0 Å². The molecule has 1 aromatic heterocycles. The molecule has 2 aromatic rings. The van der Waals surface area contributed by atoms with Crippen LogP contribution in [0.3, 0.4) is 0 Å². The average Bonchev–Trinajstić information content (AvgIpc) is 3.00. The van der Waals surface area contributed by atoms with E-state index in [-0.39, 0.29) is 18.4 Å². The number of rotatable bonds is 6. The number of amides is 2. The molecule has 0 radical (unpaired) electrons. The number of benzene rings is 1. The van der Waals surface area contributed by atoms with Crippen LogP contribution in [-0.2, 0) is 22.7 Å². The molecule has 0 saturated heterocycles. The lowest BCUT2D eigenvalue weighted by molar-refractivity contribution is -0.135. The molecule has 0 unspecified atom stereocenters. The van der Waals surface area contributed by atoms with Crippen molar-refractivity contribution in [2.45, 2.75) is 26.9 Å². The van der Waals surface area contributed by atoms with Gasteiger partial charge in [0.05, 0.1) is 19.4 Å². The number of furan rings is 1. The Morgan fingerprint density at radius 3 is 2.50 bits per heavy atom. The van der Waals surface area contributed by atoms with E-state index < -0.39 is 0 Å². The van der Waals surface area contributed by atoms with Crippen LogP contribution in [0.1, 0.15) is 23.8 Å². The first-order valence-corrected chi connectivity index (χ1v) is 7.15. The van der Waals surface area contributed by atoms with Gasteiger partial charge in [-0.15, -0.1) is 0 Å². The Hall–Kier alpha value is -2.56. The van der Waals surface area contributed by atoms with Crippen LogP contribution in [0.5, 0.6) is 0 Å². The second-order valence-corrected chi connectivity index (χ2v) is 5.22. The third kappa shape index (κ3) is 4.77. The van der Waals surface area contributed by atoms with Gasteiger partial charge in [0.1, 0.15) is 5.76 Å². The van der Waals surface area contributed by atoms with Gasteiger partial charge in [-0.25, -0.2) is 0 Å². The molecule has 2 rings (SSSR count). The van der Waals surface area contributed by atoms with Gasteiger partial charge in [-0.1, -0.05) is 29.8 Å². The van der Waals surface area contributed by atoms with Crippen molar-refractivity contribution < 1.29 is 14.0 Å². The van der Waals surface area contributed by atoms with Gasteiger partial charge in [0.2, 0.25) is 11.8 Å². The van der Waals surface area contributed by atoms with Gasteiger partial charge in [-0.05, 0) is 24.6 Å². The van der Waals surface area contributed by atoms with E-state index in [9.17, 15) is 9.59 Å². The van der Waals surface area contributed by atoms with Crippen molar-refractivity contribution in [2.24, 2.45) is 0 Å². The van der Waals surface area contributed by atoms with Crippen LogP contribution in [0.4, 0.5) is 0 Å². The lowest BCUT2D eigenvalue weighted by Crippen LogP contribution is -2.39. The molecular weight excluding hydrogens is 280 g/mol. The lowest BCUT2D eigenvalue weighted by atomic mass is 10.1. The summed E-state index contributed by atoms with van der Waals surface area (Å²) in [4.78, 5) is 25.2. The molecular formula is C17H20N2O3. The van der Waals surface area contributed by atoms with E-state index >= 15 is 0 Å². The zero-order valence-corrected chi connectivity index (χ0v) is 12.8. The van der Waals surface area contributed by atoms with Crippen molar-refractivity contribution in [1.29, 1.82) is 0 Å². The predicted octanol–water partition coefficient (Wildman–Crippen LogP) is 2.25. The molecule has 0 bridgehead atoms. The highest BCUT2D eigenvalue weighted by Crippen LogP contribution is 2.07. The van der Waals surface area contributed by atoms with Gasteiger partial charge in [-0.3, -0.25) is 9.59 Å². The van der Waals surface area contributed by atoms with Crippen LogP contribution in [0.25, 0.3) is 0 Å². The summed E-state index contributed by atoms with van der Waals surface area (Å²) in [6.45, 7) is 4.25. The van der Waals surface area contributed by atoms with Crippen molar-refractivity contribution in [1.82, 2.24) is 10.2 Å². The summed E-state index contributed by atoms with van der Waals surface area (Å²) in [5.41, 5.74) is 2.16. The summed E-state index contributed by atoms with van der Waals surface area (Å²) in [6.07, 6.45) is 1.56. The minimum atomic E-state index is -0.210. The third-order valence-corrected chi connectivity index (χ3v) is 3.31. The number of nitrogens with one attached hydrogen (secondary N) is 1. The molecule has 22 heavy (non-hydrogen) atoms. The Labute approximate surface area is 129 Å². The van der Waals surface area contributed by atoms with Crippen LogP contribution < -0.4 is 5.32 Å². The molecule has 0 atom stereocenters. The molecule has 1 N–H and O–H groups in total. The first kappa shape index (κ1) is 15.8. The summed E-state index contributed by atoms with van der Waals surface area (Å²) in [5, 5.41) is 2.74. The second kappa shape index (κ2) is 7.45. The highest BCUT2D eigenvalue weighted by atomic mass is 16.3. The Morgan fingerprint density at radius 2 is 1.91 bits per heavy atom. The second-order valence-electron chi connectivity index (χ2n) is 5.22. The smallest absolute Gasteiger partial charge is 0.240 e. The maximum Gasteiger partial charge on any atom is 0.240 e. The van der Waals surface area contributed by atoms with Crippen LogP contribution in [0, 0.1) is 6.92 Å². The van der Waals surface area contributed by atoms with Crippen molar-refractivity contribution in [3.63, 3.8) is 0 Å². The number of hydrogen-bond acceptors (Lipinski definition) is 3. The number of hydrogen-bond donors (Lipinski definition) is 1. The minimum Gasteiger partial charge on any atom is -0.467 e. The van der Waals surface area contributed by atoms with Gasteiger partial charge in [0.25, 0.3) is 0 Å². The standard InChI is InChI=1S/C17H20N2O3/c1-13-5-7-15(8-6-13)11-19(14(2)20)12-17(21)18-10-16-4-3-9-22-16/h3-9H,10-12H2,1-2H3,(H,18,21). The van der Waals surface area contributed by atoms with Gasteiger partial charge in [0, 0.05) is 13.5 Å². The van der Waals surface area contributed by atoms with Crippen LogP contribution >= 0.6 is 0 Å². The molecule has 1 heterocycles. The van der Waals surface area contributed by atoms with E-state index in [1.165, 1.54) is 11.8 Å². The number of carbonyl (C=O) groups excluding carboxylic acids is 2. The topological polar surface area (TPSA) is 62.6 Å². The molecule has 1 aromatic carbocycles. The molecule has 0 spiro atoms. The van der Waals surface area contributed by atoms with E-state index in [1.54, 1.807) is 18.4 Å².